The summed E-state index contributed by atoms with van der Waals surface area (Å²) in [5, 5.41) is 0. The van der Waals surface area contributed by atoms with E-state index in [0.717, 1.165) is 66.7 Å². The van der Waals surface area contributed by atoms with Crippen LogP contribution in [-0.2, 0) is 30.5 Å². The molecule has 2 spiro atoms. The molecule has 396 valence electrons. The van der Waals surface area contributed by atoms with Gasteiger partial charge < -0.3 is 0 Å². The molecule has 5 heterocycles. The molecule has 9 aromatic carbocycles. The van der Waals surface area contributed by atoms with E-state index in [1.54, 1.807) is 46.9 Å². The molecule has 0 saturated carbocycles. The Morgan fingerprint density at radius 3 is 1.04 bits per heavy atom. The summed E-state index contributed by atoms with van der Waals surface area (Å²) >= 11 is 4.90. The second-order valence-corrected chi connectivity index (χ2v) is 28.5. The molecule has 0 fully saturated rings. The number of rotatable bonds is 2. The van der Waals surface area contributed by atoms with Crippen molar-refractivity contribution < 1.29 is 16.8 Å². The Morgan fingerprint density at radius 2 is 0.630 bits per heavy atom. The molecule has 4 aliphatic rings. The van der Waals surface area contributed by atoms with Crippen LogP contribution in [0, 0.1) is 41.5 Å². The van der Waals surface area contributed by atoms with Gasteiger partial charge in [-0.15, -0.1) is 22.7 Å². The second-order valence-electron chi connectivity index (χ2n) is 21.6. The highest BCUT2D eigenvalue weighted by atomic mass is 32.2. The summed E-state index contributed by atoms with van der Waals surface area (Å²) in [5.41, 5.74) is 20.3. The van der Waals surface area contributed by atoms with Gasteiger partial charge in [0.1, 0.15) is 11.0 Å². The molecule has 0 atom stereocenters. The molecule has 0 bridgehead atoms. The summed E-state index contributed by atoms with van der Waals surface area (Å²) in [7, 11) is -7.19. The van der Waals surface area contributed by atoms with E-state index in [4.69, 9.17) is 0 Å². The van der Waals surface area contributed by atoms with Gasteiger partial charge in [-0.1, -0.05) is 180 Å². The fourth-order valence-corrected chi connectivity index (χ4v) is 19.1. The van der Waals surface area contributed by atoms with Gasteiger partial charge in [0.05, 0.1) is 42.1 Å². The summed E-state index contributed by atoms with van der Waals surface area (Å²) < 4.78 is 63.6. The number of fused-ring (bicyclic) bond motifs is 19. The van der Waals surface area contributed by atoms with Gasteiger partial charge in [0.15, 0.2) is 0 Å². The van der Waals surface area contributed by atoms with Crippen LogP contribution in [0.2, 0.25) is 0 Å². The predicted molar refractivity (Wildman–Crippen MR) is 331 cm³/mol. The van der Waals surface area contributed by atoms with Crippen molar-refractivity contribution in [2.24, 2.45) is 0 Å². The zero-order chi connectivity index (χ0) is 55.7. The standard InChI is InChI=1S/2C27H20O2S.C16H12N2S3/c1-17-11-13-19-20-14-12-18(2)16-24(20)27(23(19)15-17)21-7-3-5-9-25(21)30(28,29)26-10-6-4-8-22(26)27;1-17-11-13-25-23(15-17)27(24-16-18(2)12-14-26(24)30(25,28)29)21-9-5-3-7-19(21)20-8-4-6-10-22(20)27;1-9-3-7-13(19-9)11-5-6-12(14-8-4-10(2)20-14)16-15(11)17-21-18-16/h2*3-16H,1-2H3;3-8H,1-2H3. The number of aromatic nitrogens is 2. The number of aryl methyl sites for hydroxylation is 6. The van der Waals surface area contributed by atoms with Gasteiger partial charge in [-0.25, -0.2) is 16.8 Å². The van der Waals surface area contributed by atoms with E-state index in [1.807, 2.05) is 62.4 Å². The van der Waals surface area contributed by atoms with Crippen LogP contribution in [0.1, 0.15) is 76.5 Å². The fourth-order valence-electron chi connectivity index (χ4n) is 13.3. The van der Waals surface area contributed by atoms with Crippen molar-refractivity contribution in [2.45, 2.75) is 72.0 Å². The minimum atomic E-state index is -3.60. The van der Waals surface area contributed by atoms with E-state index in [-0.39, 0.29) is 0 Å². The van der Waals surface area contributed by atoms with Crippen LogP contribution in [0.5, 0.6) is 0 Å². The molecular weight excluding hydrogens is 1090 g/mol. The lowest BCUT2D eigenvalue weighted by molar-refractivity contribution is 0.579. The number of hydrogen-bond donors (Lipinski definition) is 0. The van der Waals surface area contributed by atoms with Crippen LogP contribution in [0.4, 0.5) is 0 Å². The van der Waals surface area contributed by atoms with Crippen molar-refractivity contribution in [1.82, 2.24) is 8.75 Å². The zero-order valence-corrected chi connectivity index (χ0v) is 49.3. The largest absolute Gasteiger partial charge is 0.218 e. The summed E-state index contributed by atoms with van der Waals surface area (Å²) in [6.07, 6.45) is 0. The van der Waals surface area contributed by atoms with Gasteiger partial charge in [0.25, 0.3) is 0 Å². The lowest BCUT2D eigenvalue weighted by atomic mass is 9.67. The SMILES string of the molecule is Cc1ccc(-c2ccc(-c3ccc(C)s3)c3nsnc23)s1.Cc1ccc2c(c1)C1(c3cc(C)ccc3-2)c2ccccc2S(=O)(=O)c2ccccc21.Cc1ccc2c(c1)C1(c3ccccc3-c3ccccc31)c1cc(C)ccc1S2(=O)=O. The average molecular weight is 1150 g/mol. The summed E-state index contributed by atoms with van der Waals surface area (Å²) in [4.78, 5) is 6.81. The maximum atomic E-state index is 13.7. The van der Waals surface area contributed by atoms with Crippen molar-refractivity contribution in [2.75, 3.05) is 0 Å². The van der Waals surface area contributed by atoms with Crippen LogP contribution >= 0.6 is 34.4 Å². The molecule has 0 saturated heterocycles. The topological polar surface area (TPSA) is 94.1 Å². The number of hydrogen-bond acceptors (Lipinski definition) is 9. The average Bonchev–Trinajstić information content (AvgIpc) is 4.42. The summed E-state index contributed by atoms with van der Waals surface area (Å²) in [6.45, 7) is 12.5. The van der Waals surface area contributed by atoms with Crippen molar-refractivity contribution in [1.29, 1.82) is 0 Å². The van der Waals surface area contributed by atoms with Crippen molar-refractivity contribution in [3.8, 4) is 43.1 Å². The third-order valence-corrected chi connectivity index (χ3v) is 23.0. The molecule has 0 radical (unpaired) electrons. The van der Waals surface area contributed by atoms with Crippen LogP contribution in [-0.4, -0.2) is 25.6 Å². The minimum absolute atomic E-state index is 0.408. The third-order valence-electron chi connectivity index (χ3n) is 16.6. The number of thiophene rings is 2. The molecule has 81 heavy (non-hydrogen) atoms. The highest BCUT2D eigenvalue weighted by Gasteiger charge is 2.55. The molecule has 0 unspecified atom stereocenters. The first-order valence-electron chi connectivity index (χ1n) is 26.9. The Labute approximate surface area is 484 Å². The van der Waals surface area contributed by atoms with Crippen LogP contribution < -0.4 is 0 Å². The van der Waals surface area contributed by atoms with E-state index in [9.17, 15) is 16.8 Å². The normalized spacial score (nSPS) is 15.1. The highest BCUT2D eigenvalue weighted by Crippen LogP contribution is 2.63. The second kappa shape index (κ2) is 18.8. The molecule has 11 heteroatoms. The van der Waals surface area contributed by atoms with E-state index in [1.165, 1.54) is 75.7 Å². The van der Waals surface area contributed by atoms with Crippen LogP contribution in [0.3, 0.4) is 0 Å². The molecule has 3 aromatic heterocycles. The summed E-state index contributed by atoms with van der Waals surface area (Å²) in [6, 6.07) is 69.5. The van der Waals surface area contributed by atoms with Crippen LogP contribution in [0.15, 0.2) is 226 Å². The van der Waals surface area contributed by atoms with Crippen molar-refractivity contribution >= 4 is 65.1 Å². The molecule has 6 nitrogen and oxygen atoms in total. The molecule has 2 aliphatic heterocycles. The Balaban J connectivity index is 0.000000111. The molecule has 12 aromatic rings. The Kier molecular flexibility index (Phi) is 11.9. The summed E-state index contributed by atoms with van der Waals surface area (Å²) in [5.74, 6) is 0. The van der Waals surface area contributed by atoms with E-state index in [0.29, 0.717) is 19.6 Å². The lowest BCUT2D eigenvalue weighted by Gasteiger charge is -2.40. The third kappa shape index (κ3) is 7.52. The van der Waals surface area contributed by atoms with Gasteiger partial charge in [0.2, 0.25) is 19.7 Å². The van der Waals surface area contributed by atoms with E-state index in [2.05, 4.69) is 170 Å². The van der Waals surface area contributed by atoms with Crippen LogP contribution in [0.25, 0.3) is 54.2 Å². The molecular formula is C70H52N2O4S5. The van der Waals surface area contributed by atoms with E-state index >= 15 is 0 Å². The monoisotopic (exact) mass is 1140 g/mol. The quantitative estimate of drug-likeness (QED) is 0.171. The van der Waals surface area contributed by atoms with Gasteiger partial charge in [-0.3, -0.25) is 0 Å². The van der Waals surface area contributed by atoms with Gasteiger partial charge in [-0.05, 0) is 157 Å². The Bertz CT molecular complexity index is 4560. The number of nitrogens with zero attached hydrogens (tertiary/aromatic N) is 2. The maximum absolute atomic E-state index is 13.7. The lowest BCUT2D eigenvalue weighted by Crippen LogP contribution is -2.36. The Morgan fingerprint density at radius 1 is 0.309 bits per heavy atom. The van der Waals surface area contributed by atoms with E-state index < -0.39 is 30.5 Å². The zero-order valence-electron chi connectivity index (χ0n) is 45.2. The first-order valence-corrected chi connectivity index (χ1v) is 32.2. The van der Waals surface area contributed by atoms with Gasteiger partial charge in [-0.2, -0.15) is 8.75 Å². The van der Waals surface area contributed by atoms with Gasteiger partial charge in [0, 0.05) is 30.6 Å². The fraction of sp³-hybridized carbons (Fsp3) is 0.114. The Hall–Kier alpha value is -7.90. The smallest absolute Gasteiger partial charge is 0.207 e. The minimum Gasteiger partial charge on any atom is -0.218 e. The van der Waals surface area contributed by atoms with Crippen molar-refractivity contribution in [3.63, 3.8) is 0 Å². The number of benzene rings is 9. The molecule has 2 aliphatic carbocycles. The first-order chi connectivity index (χ1) is 39.1. The predicted octanol–water partition coefficient (Wildman–Crippen LogP) is 17.4. The number of sulfone groups is 2. The first kappa shape index (κ1) is 51.3. The van der Waals surface area contributed by atoms with Crippen molar-refractivity contribution in [3.05, 3.63) is 283 Å². The molecule has 16 rings (SSSR count). The molecule has 0 N–H and O–H groups in total. The maximum Gasteiger partial charge on any atom is 0.207 e. The molecule has 0 amide bonds. The van der Waals surface area contributed by atoms with Gasteiger partial charge >= 0.3 is 0 Å². The highest BCUT2D eigenvalue weighted by molar-refractivity contribution is 7.92.